The number of aromatic nitrogens is 1. The van der Waals surface area contributed by atoms with Crippen LogP contribution in [0.5, 0.6) is 5.75 Å². The molecule has 160 valence electrons. The standard InChI is InChI=1S/C23H23ClN4O3/c24-19-5-1-17(2-6-19)16-30-20-7-3-18(4-8-20)22-27-21(15-25)23(31-22)26-9-10-28-11-13-29-14-12-28/h1-8,26H,9-14,16H2. The van der Waals surface area contributed by atoms with Crippen molar-refractivity contribution in [2.45, 2.75) is 6.61 Å². The Hall–Kier alpha value is -3.05. The number of anilines is 1. The van der Waals surface area contributed by atoms with Gasteiger partial charge in [-0.1, -0.05) is 23.7 Å². The van der Waals surface area contributed by atoms with Crippen LogP contribution in [-0.2, 0) is 11.3 Å². The Labute approximate surface area is 186 Å². The van der Waals surface area contributed by atoms with Crippen molar-refractivity contribution in [1.82, 2.24) is 9.88 Å². The van der Waals surface area contributed by atoms with Crippen LogP contribution in [-0.4, -0.2) is 49.3 Å². The monoisotopic (exact) mass is 438 g/mol. The Kier molecular flexibility index (Phi) is 7.05. The van der Waals surface area contributed by atoms with Gasteiger partial charge in [-0.2, -0.15) is 10.2 Å². The molecule has 8 heteroatoms. The highest BCUT2D eigenvalue weighted by Crippen LogP contribution is 2.27. The maximum absolute atomic E-state index is 9.40. The second kappa shape index (κ2) is 10.3. The number of nitriles is 1. The van der Waals surface area contributed by atoms with Crippen LogP contribution in [0.2, 0.25) is 5.02 Å². The fraction of sp³-hybridized carbons (Fsp3) is 0.304. The largest absolute Gasteiger partial charge is 0.489 e. The maximum Gasteiger partial charge on any atom is 0.232 e. The minimum absolute atomic E-state index is 0.250. The third-order valence-electron chi connectivity index (χ3n) is 4.97. The van der Waals surface area contributed by atoms with Crippen molar-refractivity contribution in [2.24, 2.45) is 0 Å². The van der Waals surface area contributed by atoms with Gasteiger partial charge in [0.05, 0.1) is 13.2 Å². The summed E-state index contributed by atoms with van der Waals surface area (Å²) in [6, 6.07) is 17.1. The molecule has 3 aromatic rings. The highest BCUT2D eigenvalue weighted by atomic mass is 35.5. The van der Waals surface area contributed by atoms with Gasteiger partial charge in [0, 0.05) is 36.8 Å². The molecule has 4 rings (SSSR count). The van der Waals surface area contributed by atoms with E-state index in [1.807, 2.05) is 48.5 Å². The van der Waals surface area contributed by atoms with E-state index in [0.29, 0.717) is 29.9 Å². The molecule has 0 bridgehead atoms. The summed E-state index contributed by atoms with van der Waals surface area (Å²) < 4.78 is 17.0. The van der Waals surface area contributed by atoms with Crippen molar-refractivity contribution in [3.8, 4) is 23.3 Å². The van der Waals surface area contributed by atoms with E-state index in [2.05, 4.69) is 21.3 Å². The van der Waals surface area contributed by atoms with Crippen LogP contribution in [0.4, 0.5) is 5.88 Å². The second-order valence-electron chi connectivity index (χ2n) is 7.13. The Morgan fingerprint density at radius 3 is 2.55 bits per heavy atom. The molecule has 0 spiro atoms. The molecule has 7 nitrogen and oxygen atoms in total. The molecule has 1 saturated heterocycles. The zero-order valence-corrected chi connectivity index (χ0v) is 17.8. The average Bonchev–Trinajstić information content (AvgIpc) is 3.23. The van der Waals surface area contributed by atoms with Crippen LogP contribution >= 0.6 is 11.6 Å². The number of hydrogen-bond acceptors (Lipinski definition) is 7. The summed E-state index contributed by atoms with van der Waals surface area (Å²) in [5, 5.41) is 13.3. The Morgan fingerprint density at radius 1 is 1.10 bits per heavy atom. The lowest BCUT2D eigenvalue weighted by Gasteiger charge is -2.26. The van der Waals surface area contributed by atoms with Gasteiger partial charge in [-0.25, -0.2) is 0 Å². The molecule has 2 aromatic carbocycles. The first-order valence-electron chi connectivity index (χ1n) is 10.1. The highest BCUT2D eigenvalue weighted by Gasteiger charge is 2.15. The summed E-state index contributed by atoms with van der Waals surface area (Å²) in [6.07, 6.45) is 0. The lowest BCUT2D eigenvalue weighted by atomic mass is 10.2. The van der Waals surface area contributed by atoms with Gasteiger partial charge in [0.25, 0.3) is 0 Å². The molecule has 0 amide bonds. The van der Waals surface area contributed by atoms with E-state index in [0.717, 1.165) is 49.7 Å². The molecule has 2 heterocycles. The van der Waals surface area contributed by atoms with Crippen LogP contribution in [0.15, 0.2) is 52.9 Å². The number of nitrogens with zero attached hydrogens (tertiary/aromatic N) is 3. The average molecular weight is 439 g/mol. The van der Waals surface area contributed by atoms with Gasteiger partial charge >= 0.3 is 0 Å². The Bertz CT molecular complexity index is 1020. The van der Waals surface area contributed by atoms with Gasteiger partial charge in [0.2, 0.25) is 17.5 Å². The molecule has 1 aliphatic heterocycles. The summed E-state index contributed by atoms with van der Waals surface area (Å²) in [7, 11) is 0. The smallest absolute Gasteiger partial charge is 0.232 e. The lowest BCUT2D eigenvalue weighted by molar-refractivity contribution is 0.0398. The molecule has 1 N–H and O–H groups in total. The topological polar surface area (TPSA) is 83.5 Å². The lowest BCUT2D eigenvalue weighted by Crippen LogP contribution is -2.39. The third kappa shape index (κ3) is 5.76. The highest BCUT2D eigenvalue weighted by molar-refractivity contribution is 6.30. The molecule has 0 atom stereocenters. The summed E-state index contributed by atoms with van der Waals surface area (Å²) in [5.41, 5.74) is 2.06. The number of oxazole rings is 1. The van der Waals surface area contributed by atoms with Crippen molar-refractivity contribution < 1.29 is 13.9 Å². The van der Waals surface area contributed by atoms with Gasteiger partial charge < -0.3 is 19.2 Å². The minimum atomic E-state index is 0.250. The molecule has 1 aromatic heterocycles. The first-order chi connectivity index (χ1) is 15.2. The molecule has 1 fully saturated rings. The van der Waals surface area contributed by atoms with Gasteiger partial charge in [0.15, 0.2) is 0 Å². The fourth-order valence-corrected chi connectivity index (χ4v) is 3.36. The van der Waals surface area contributed by atoms with Crippen LogP contribution < -0.4 is 10.1 Å². The number of halogens is 1. The van der Waals surface area contributed by atoms with E-state index in [-0.39, 0.29) is 5.69 Å². The molecule has 31 heavy (non-hydrogen) atoms. The van der Waals surface area contributed by atoms with Crippen LogP contribution in [0.25, 0.3) is 11.5 Å². The number of hydrogen-bond donors (Lipinski definition) is 1. The number of nitrogens with one attached hydrogen (secondary N) is 1. The van der Waals surface area contributed by atoms with E-state index < -0.39 is 0 Å². The second-order valence-corrected chi connectivity index (χ2v) is 7.57. The van der Waals surface area contributed by atoms with Crippen LogP contribution in [0.1, 0.15) is 11.3 Å². The van der Waals surface area contributed by atoms with E-state index in [4.69, 9.17) is 25.5 Å². The third-order valence-corrected chi connectivity index (χ3v) is 5.22. The van der Waals surface area contributed by atoms with Gasteiger partial charge in [-0.15, -0.1) is 0 Å². The summed E-state index contributed by atoms with van der Waals surface area (Å²) in [4.78, 5) is 6.63. The van der Waals surface area contributed by atoms with Crippen molar-refractivity contribution in [3.05, 3.63) is 64.8 Å². The molecular formula is C23H23ClN4O3. The summed E-state index contributed by atoms with van der Waals surface area (Å²) in [6.45, 7) is 5.32. The number of ether oxygens (including phenoxy) is 2. The Balaban J connectivity index is 1.35. The van der Waals surface area contributed by atoms with Crippen molar-refractivity contribution in [1.29, 1.82) is 5.26 Å². The zero-order valence-electron chi connectivity index (χ0n) is 17.0. The minimum Gasteiger partial charge on any atom is -0.489 e. The van der Waals surface area contributed by atoms with Crippen molar-refractivity contribution in [2.75, 3.05) is 44.7 Å². The van der Waals surface area contributed by atoms with E-state index >= 15 is 0 Å². The molecule has 0 saturated carbocycles. The normalized spacial score (nSPS) is 14.2. The number of rotatable bonds is 8. The summed E-state index contributed by atoms with van der Waals surface area (Å²) in [5.74, 6) is 1.53. The number of morpholine rings is 1. The Morgan fingerprint density at radius 2 is 1.84 bits per heavy atom. The summed E-state index contributed by atoms with van der Waals surface area (Å²) >= 11 is 5.90. The predicted molar refractivity (Wildman–Crippen MR) is 118 cm³/mol. The van der Waals surface area contributed by atoms with Crippen LogP contribution in [0.3, 0.4) is 0 Å². The first-order valence-corrected chi connectivity index (χ1v) is 10.5. The van der Waals surface area contributed by atoms with Gasteiger partial charge in [-0.3, -0.25) is 4.90 Å². The predicted octanol–water partition coefficient (Wildman–Crippen LogP) is 4.19. The SMILES string of the molecule is N#Cc1nc(-c2ccc(OCc3ccc(Cl)cc3)cc2)oc1NCCN1CCOCC1. The maximum atomic E-state index is 9.40. The zero-order chi connectivity index (χ0) is 21.5. The molecular weight excluding hydrogens is 416 g/mol. The van der Waals surface area contributed by atoms with Gasteiger partial charge in [-0.05, 0) is 42.0 Å². The fourth-order valence-electron chi connectivity index (χ4n) is 3.23. The van der Waals surface area contributed by atoms with Crippen molar-refractivity contribution >= 4 is 17.5 Å². The van der Waals surface area contributed by atoms with E-state index in [9.17, 15) is 5.26 Å². The van der Waals surface area contributed by atoms with E-state index in [1.165, 1.54) is 0 Å². The first kappa shape index (κ1) is 21.2. The quantitative estimate of drug-likeness (QED) is 0.564. The van der Waals surface area contributed by atoms with Gasteiger partial charge in [0.1, 0.15) is 18.4 Å². The molecule has 0 aliphatic carbocycles. The number of benzene rings is 2. The van der Waals surface area contributed by atoms with Crippen molar-refractivity contribution in [3.63, 3.8) is 0 Å². The molecule has 1 aliphatic rings. The molecule has 0 unspecified atom stereocenters. The van der Waals surface area contributed by atoms with E-state index in [1.54, 1.807) is 0 Å². The molecule has 0 radical (unpaired) electrons. The van der Waals surface area contributed by atoms with Crippen LogP contribution in [0, 0.1) is 11.3 Å².